The number of thiocarbonyl (C=S) groups is 1. The summed E-state index contributed by atoms with van der Waals surface area (Å²) in [5.74, 6) is -0.273. The number of anilines is 1. The van der Waals surface area contributed by atoms with Crippen LogP contribution in [-0.4, -0.2) is 87.4 Å². The molecule has 1 aromatic carbocycles. The van der Waals surface area contributed by atoms with E-state index in [1.54, 1.807) is 41.6 Å². The fourth-order valence-electron chi connectivity index (χ4n) is 5.86. The van der Waals surface area contributed by atoms with E-state index >= 15 is 0 Å². The molecular formula is C31H39N5O4S. The number of amides is 2. The maximum atomic E-state index is 13.3. The van der Waals surface area contributed by atoms with Crippen LogP contribution < -0.4 is 4.90 Å². The van der Waals surface area contributed by atoms with Gasteiger partial charge in [0.15, 0.2) is 5.11 Å². The first-order valence-corrected chi connectivity index (χ1v) is 15.1. The quantitative estimate of drug-likeness (QED) is 0.223. The lowest BCUT2D eigenvalue weighted by Crippen LogP contribution is -2.48. The average molecular weight is 578 g/mol. The summed E-state index contributed by atoms with van der Waals surface area (Å²) in [4.78, 5) is 49.8. The highest BCUT2D eigenvalue weighted by Gasteiger charge is 2.49. The molecule has 0 spiro atoms. The molecule has 3 aliphatic rings. The van der Waals surface area contributed by atoms with Gasteiger partial charge in [0, 0.05) is 56.2 Å². The summed E-state index contributed by atoms with van der Waals surface area (Å²) in [6.07, 6.45) is 10.1. The van der Waals surface area contributed by atoms with Gasteiger partial charge in [-0.25, -0.2) is 4.79 Å². The standard InChI is InChI=1S/C31H39N5O4S/c1-31(2)29(39)36(25-9-10-26-24(21-25)22-40-28(26)38)30(41)35(31)16-8-6-4-3-5-7-15-33-17-19-34(20-18-33)27(37)23-11-13-32-14-12-23/h9-14,21H,3-8,15-20,22H2,1-2H3. The molecule has 5 rings (SSSR count). The Morgan fingerprint density at radius 2 is 1.59 bits per heavy atom. The molecule has 0 atom stereocenters. The molecule has 0 N–H and O–H groups in total. The molecule has 10 heteroatoms. The molecule has 2 fully saturated rings. The fraction of sp³-hybridized carbons (Fsp3) is 0.516. The van der Waals surface area contributed by atoms with Crippen LogP contribution in [0.4, 0.5) is 5.69 Å². The van der Waals surface area contributed by atoms with Crippen LogP contribution >= 0.6 is 12.2 Å². The van der Waals surface area contributed by atoms with Crippen LogP contribution in [0, 0.1) is 0 Å². The summed E-state index contributed by atoms with van der Waals surface area (Å²) in [6.45, 7) is 9.30. The number of benzene rings is 1. The van der Waals surface area contributed by atoms with Gasteiger partial charge in [0.1, 0.15) is 12.1 Å². The van der Waals surface area contributed by atoms with Crippen molar-refractivity contribution in [3.63, 3.8) is 0 Å². The van der Waals surface area contributed by atoms with Crippen LogP contribution in [0.2, 0.25) is 0 Å². The monoisotopic (exact) mass is 577 g/mol. The Morgan fingerprint density at radius 1 is 0.927 bits per heavy atom. The summed E-state index contributed by atoms with van der Waals surface area (Å²) in [5, 5.41) is 0.521. The molecule has 4 heterocycles. The highest BCUT2D eigenvalue weighted by atomic mass is 32.1. The normalized spacial score (nSPS) is 18.7. The number of pyridine rings is 1. The van der Waals surface area contributed by atoms with Crippen LogP contribution in [0.25, 0.3) is 0 Å². The van der Waals surface area contributed by atoms with Crippen molar-refractivity contribution < 1.29 is 19.1 Å². The van der Waals surface area contributed by atoms with Crippen molar-refractivity contribution in [1.29, 1.82) is 0 Å². The lowest BCUT2D eigenvalue weighted by atomic mass is 10.0. The lowest BCUT2D eigenvalue weighted by Gasteiger charge is -2.34. The maximum Gasteiger partial charge on any atom is 0.338 e. The summed E-state index contributed by atoms with van der Waals surface area (Å²) in [6, 6.07) is 8.89. The predicted octanol–water partition coefficient (Wildman–Crippen LogP) is 4.26. The van der Waals surface area contributed by atoms with Crippen LogP contribution in [0.5, 0.6) is 0 Å². The molecule has 218 valence electrons. The van der Waals surface area contributed by atoms with E-state index < -0.39 is 5.54 Å². The number of nitrogens with zero attached hydrogens (tertiary/aromatic N) is 5. The number of piperazine rings is 1. The second kappa shape index (κ2) is 12.7. The van der Waals surface area contributed by atoms with Crippen molar-refractivity contribution in [2.75, 3.05) is 44.2 Å². The van der Waals surface area contributed by atoms with E-state index in [0.29, 0.717) is 21.9 Å². The van der Waals surface area contributed by atoms with Crippen molar-refractivity contribution >= 4 is 40.8 Å². The molecule has 0 saturated carbocycles. The SMILES string of the molecule is CC1(C)C(=O)N(c2ccc3c(c2)COC3=O)C(=S)N1CCCCCCCCN1CCN(C(=O)c2ccncc2)CC1. The van der Waals surface area contributed by atoms with E-state index in [-0.39, 0.29) is 24.4 Å². The number of esters is 1. The highest BCUT2D eigenvalue weighted by Crippen LogP contribution is 2.34. The molecule has 0 bridgehead atoms. The second-order valence-corrected chi connectivity index (χ2v) is 11.9. The maximum absolute atomic E-state index is 13.3. The Bertz CT molecular complexity index is 1290. The number of unbranched alkanes of at least 4 members (excludes halogenated alkanes) is 5. The smallest absolute Gasteiger partial charge is 0.338 e. The van der Waals surface area contributed by atoms with Crippen LogP contribution in [0.15, 0.2) is 42.7 Å². The third-order valence-electron chi connectivity index (χ3n) is 8.44. The van der Waals surface area contributed by atoms with Gasteiger partial charge in [-0.05, 0) is 75.8 Å². The van der Waals surface area contributed by atoms with E-state index in [4.69, 9.17) is 17.0 Å². The zero-order valence-electron chi connectivity index (χ0n) is 24.0. The Balaban J connectivity index is 0.983. The molecule has 2 amide bonds. The minimum absolute atomic E-state index is 0.0461. The molecule has 1 aromatic heterocycles. The van der Waals surface area contributed by atoms with Gasteiger partial charge in [0.05, 0.1) is 11.3 Å². The van der Waals surface area contributed by atoms with Gasteiger partial charge in [0.25, 0.3) is 11.8 Å². The van der Waals surface area contributed by atoms with E-state index in [9.17, 15) is 14.4 Å². The Kier molecular flexibility index (Phi) is 8.99. The molecule has 0 aliphatic carbocycles. The van der Waals surface area contributed by atoms with Crippen molar-refractivity contribution in [2.45, 2.75) is 64.5 Å². The largest absolute Gasteiger partial charge is 0.457 e. The molecular weight excluding hydrogens is 538 g/mol. The number of aromatic nitrogens is 1. The Labute approximate surface area is 247 Å². The third kappa shape index (κ3) is 6.28. The molecule has 3 aliphatic heterocycles. The number of hydrogen-bond donors (Lipinski definition) is 0. The topological polar surface area (TPSA) is 86.3 Å². The summed E-state index contributed by atoms with van der Waals surface area (Å²) in [5.41, 5.74) is 2.03. The summed E-state index contributed by atoms with van der Waals surface area (Å²) < 4.78 is 5.11. The van der Waals surface area contributed by atoms with E-state index in [1.807, 2.05) is 29.7 Å². The van der Waals surface area contributed by atoms with E-state index in [0.717, 1.165) is 64.1 Å². The molecule has 41 heavy (non-hydrogen) atoms. The third-order valence-corrected chi connectivity index (χ3v) is 8.84. The number of cyclic esters (lactones) is 1. The molecule has 0 radical (unpaired) electrons. The van der Waals surface area contributed by atoms with Crippen molar-refractivity contribution in [3.05, 3.63) is 59.4 Å². The van der Waals surface area contributed by atoms with E-state index in [2.05, 4.69) is 9.88 Å². The van der Waals surface area contributed by atoms with Gasteiger partial charge in [-0.3, -0.25) is 24.4 Å². The molecule has 2 saturated heterocycles. The van der Waals surface area contributed by atoms with Gasteiger partial charge in [-0.2, -0.15) is 0 Å². The van der Waals surface area contributed by atoms with Crippen molar-refractivity contribution in [2.24, 2.45) is 0 Å². The van der Waals surface area contributed by atoms with Crippen molar-refractivity contribution in [1.82, 2.24) is 19.7 Å². The first-order valence-electron chi connectivity index (χ1n) is 14.7. The van der Waals surface area contributed by atoms with Gasteiger partial charge < -0.3 is 14.5 Å². The number of ether oxygens (including phenoxy) is 1. The lowest BCUT2D eigenvalue weighted by molar-refractivity contribution is -0.123. The minimum Gasteiger partial charge on any atom is -0.457 e. The molecule has 9 nitrogen and oxygen atoms in total. The van der Waals surface area contributed by atoms with Crippen LogP contribution in [0.1, 0.15) is 78.7 Å². The second-order valence-electron chi connectivity index (χ2n) is 11.5. The summed E-state index contributed by atoms with van der Waals surface area (Å²) in [7, 11) is 0. The Hall–Kier alpha value is -3.37. The molecule has 2 aromatic rings. The number of hydrogen-bond acceptors (Lipinski definition) is 7. The zero-order chi connectivity index (χ0) is 29.0. The van der Waals surface area contributed by atoms with Gasteiger partial charge >= 0.3 is 5.97 Å². The number of carbonyl (C=O) groups is 3. The number of rotatable bonds is 11. The zero-order valence-corrected chi connectivity index (χ0v) is 24.8. The highest BCUT2D eigenvalue weighted by molar-refractivity contribution is 7.80. The van der Waals surface area contributed by atoms with Gasteiger partial charge in [0.2, 0.25) is 0 Å². The summed E-state index contributed by atoms with van der Waals surface area (Å²) >= 11 is 5.77. The first kappa shape index (κ1) is 29.1. The minimum atomic E-state index is -0.713. The van der Waals surface area contributed by atoms with Gasteiger partial charge in [-0.1, -0.05) is 25.7 Å². The van der Waals surface area contributed by atoms with Crippen LogP contribution in [0.3, 0.4) is 0 Å². The van der Waals surface area contributed by atoms with Crippen molar-refractivity contribution in [3.8, 4) is 0 Å². The average Bonchev–Trinajstić information content (AvgIpc) is 3.43. The fourth-order valence-corrected chi connectivity index (χ4v) is 6.37. The Morgan fingerprint density at radius 3 is 2.29 bits per heavy atom. The molecule has 0 unspecified atom stereocenters. The number of carbonyl (C=O) groups excluding carboxylic acids is 3. The predicted molar refractivity (Wildman–Crippen MR) is 161 cm³/mol. The van der Waals surface area contributed by atoms with Gasteiger partial charge in [-0.15, -0.1) is 0 Å². The van der Waals surface area contributed by atoms with E-state index in [1.165, 1.54) is 19.3 Å². The van der Waals surface area contributed by atoms with Crippen LogP contribution in [-0.2, 0) is 16.1 Å². The first-order chi connectivity index (χ1) is 19.8. The number of fused-ring (bicyclic) bond motifs is 1.